The molecule has 2 rings (SSSR count). The summed E-state index contributed by atoms with van der Waals surface area (Å²) in [6.07, 6.45) is 0.550. The molecule has 0 bridgehead atoms. The number of nitrogens with one attached hydrogen (secondary N) is 1. The summed E-state index contributed by atoms with van der Waals surface area (Å²) in [5, 5.41) is 8.82. The van der Waals surface area contributed by atoms with Crippen molar-refractivity contribution in [2.75, 3.05) is 13.7 Å². The third-order valence-electron chi connectivity index (χ3n) is 3.11. The normalized spacial score (nSPS) is 10.9. The number of hydrogen-bond acceptors (Lipinski definition) is 4. The number of benzene rings is 2. The van der Waals surface area contributed by atoms with Gasteiger partial charge in [0.15, 0.2) is 0 Å². The SMILES string of the molecule is COc1cccc(CCNS(=O)(=O)c2cccc(C#N)c2)c1. The van der Waals surface area contributed by atoms with Gasteiger partial charge in [-0.2, -0.15) is 5.26 Å². The second-order valence-electron chi connectivity index (χ2n) is 4.64. The van der Waals surface area contributed by atoms with E-state index in [2.05, 4.69) is 4.72 Å². The van der Waals surface area contributed by atoms with E-state index in [1.807, 2.05) is 30.3 Å². The number of nitriles is 1. The molecule has 5 nitrogen and oxygen atoms in total. The molecular weight excluding hydrogens is 300 g/mol. The maximum Gasteiger partial charge on any atom is 0.240 e. The molecule has 0 aliphatic heterocycles. The Bertz CT molecular complexity index is 795. The first-order valence-corrected chi connectivity index (χ1v) is 8.16. The fraction of sp³-hybridized carbons (Fsp3) is 0.188. The summed E-state index contributed by atoms with van der Waals surface area (Å²) in [6.45, 7) is 0.270. The standard InChI is InChI=1S/C16H16N2O3S/c1-21-15-6-2-4-13(10-15)8-9-18-22(19,20)16-7-3-5-14(11-16)12-17/h2-7,10-11,18H,8-9H2,1H3. The van der Waals surface area contributed by atoms with E-state index < -0.39 is 10.0 Å². The molecule has 114 valence electrons. The zero-order valence-corrected chi connectivity index (χ0v) is 12.9. The van der Waals surface area contributed by atoms with Crippen LogP contribution in [0.4, 0.5) is 0 Å². The highest BCUT2D eigenvalue weighted by Crippen LogP contribution is 2.14. The number of sulfonamides is 1. The number of hydrogen-bond donors (Lipinski definition) is 1. The molecule has 0 aromatic heterocycles. The van der Waals surface area contributed by atoms with Crippen molar-refractivity contribution >= 4 is 10.0 Å². The Kier molecular flexibility index (Phi) is 5.15. The summed E-state index contributed by atoms with van der Waals surface area (Å²) in [5.41, 5.74) is 1.29. The molecule has 0 aliphatic carbocycles. The Balaban J connectivity index is 2.02. The molecule has 22 heavy (non-hydrogen) atoms. The van der Waals surface area contributed by atoms with E-state index in [-0.39, 0.29) is 11.4 Å². The van der Waals surface area contributed by atoms with Gasteiger partial charge in [0, 0.05) is 6.54 Å². The van der Waals surface area contributed by atoms with Gasteiger partial charge < -0.3 is 4.74 Å². The maximum absolute atomic E-state index is 12.2. The largest absolute Gasteiger partial charge is 0.497 e. The molecule has 0 radical (unpaired) electrons. The van der Waals surface area contributed by atoms with Gasteiger partial charge in [-0.25, -0.2) is 13.1 Å². The number of nitrogens with zero attached hydrogens (tertiary/aromatic N) is 1. The van der Waals surface area contributed by atoms with Crippen LogP contribution in [0.3, 0.4) is 0 Å². The second kappa shape index (κ2) is 7.07. The summed E-state index contributed by atoms with van der Waals surface area (Å²) in [5.74, 6) is 0.738. The van der Waals surface area contributed by atoms with E-state index in [1.54, 1.807) is 19.2 Å². The molecule has 2 aromatic rings. The van der Waals surface area contributed by atoms with Crippen LogP contribution < -0.4 is 9.46 Å². The molecule has 0 unspecified atom stereocenters. The van der Waals surface area contributed by atoms with Crippen LogP contribution in [-0.2, 0) is 16.4 Å². The van der Waals surface area contributed by atoms with Crippen molar-refractivity contribution in [2.24, 2.45) is 0 Å². The van der Waals surface area contributed by atoms with Crippen molar-refractivity contribution in [3.8, 4) is 11.8 Å². The van der Waals surface area contributed by atoms with Gasteiger partial charge >= 0.3 is 0 Å². The minimum atomic E-state index is -3.61. The van der Waals surface area contributed by atoms with Crippen LogP contribution in [0, 0.1) is 11.3 Å². The summed E-state index contributed by atoms with van der Waals surface area (Å²) >= 11 is 0. The van der Waals surface area contributed by atoms with Crippen molar-refractivity contribution in [1.82, 2.24) is 4.72 Å². The topological polar surface area (TPSA) is 79.2 Å². The van der Waals surface area contributed by atoms with Gasteiger partial charge in [0.2, 0.25) is 10.0 Å². The predicted molar refractivity (Wildman–Crippen MR) is 83.0 cm³/mol. The Morgan fingerprint density at radius 2 is 1.95 bits per heavy atom. The van der Waals surface area contributed by atoms with E-state index in [0.29, 0.717) is 12.0 Å². The smallest absolute Gasteiger partial charge is 0.240 e. The summed E-state index contributed by atoms with van der Waals surface area (Å²) in [4.78, 5) is 0.0946. The molecule has 2 aromatic carbocycles. The van der Waals surface area contributed by atoms with Crippen LogP contribution >= 0.6 is 0 Å². The zero-order chi connectivity index (χ0) is 16.0. The van der Waals surface area contributed by atoms with Gasteiger partial charge in [0.05, 0.1) is 23.6 Å². The number of rotatable bonds is 6. The first kappa shape index (κ1) is 16.0. The van der Waals surface area contributed by atoms with Crippen molar-refractivity contribution in [2.45, 2.75) is 11.3 Å². The molecule has 0 atom stereocenters. The Labute approximate surface area is 130 Å². The van der Waals surface area contributed by atoms with Crippen LogP contribution in [0.25, 0.3) is 0 Å². The minimum Gasteiger partial charge on any atom is -0.497 e. The van der Waals surface area contributed by atoms with Gasteiger partial charge in [0.25, 0.3) is 0 Å². The fourth-order valence-corrected chi connectivity index (χ4v) is 3.05. The van der Waals surface area contributed by atoms with Crippen LogP contribution in [0.15, 0.2) is 53.4 Å². The van der Waals surface area contributed by atoms with Crippen LogP contribution in [0.1, 0.15) is 11.1 Å². The zero-order valence-electron chi connectivity index (χ0n) is 12.1. The lowest BCUT2D eigenvalue weighted by molar-refractivity contribution is 0.414. The molecule has 0 heterocycles. The maximum atomic E-state index is 12.2. The van der Waals surface area contributed by atoms with Crippen LogP contribution in [0.2, 0.25) is 0 Å². The molecule has 0 saturated carbocycles. The summed E-state index contributed by atoms with van der Waals surface area (Å²) in [7, 11) is -2.02. The average molecular weight is 316 g/mol. The molecule has 0 amide bonds. The van der Waals surface area contributed by atoms with E-state index in [4.69, 9.17) is 10.00 Å². The van der Waals surface area contributed by atoms with Gasteiger partial charge in [-0.15, -0.1) is 0 Å². The molecule has 6 heteroatoms. The van der Waals surface area contributed by atoms with Crippen molar-refractivity contribution in [3.63, 3.8) is 0 Å². The van der Waals surface area contributed by atoms with Gasteiger partial charge in [-0.1, -0.05) is 18.2 Å². The van der Waals surface area contributed by atoms with E-state index in [1.165, 1.54) is 12.1 Å². The van der Waals surface area contributed by atoms with Crippen LogP contribution in [-0.4, -0.2) is 22.1 Å². The lowest BCUT2D eigenvalue weighted by Crippen LogP contribution is -2.26. The number of methoxy groups -OCH3 is 1. The van der Waals surface area contributed by atoms with E-state index in [9.17, 15) is 8.42 Å². The second-order valence-corrected chi connectivity index (χ2v) is 6.41. The van der Waals surface area contributed by atoms with Crippen LogP contribution in [0.5, 0.6) is 5.75 Å². The van der Waals surface area contributed by atoms with Crippen molar-refractivity contribution in [1.29, 1.82) is 5.26 Å². The van der Waals surface area contributed by atoms with Crippen molar-refractivity contribution in [3.05, 3.63) is 59.7 Å². The Hall–Kier alpha value is -2.36. The van der Waals surface area contributed by atoms with Gasteiger partial charge in [0.1, 0.15) is 5.75 Å². The lowest BCUT2D eigenvalue weighted by Gasteiger charge is -2.08. The first-order chi connectivity index (χ1) is 10.5. The predicted octanol–water partition coefficient (Wildman–Crippen LogP) is 2.09. The third kappa shape index (κ3) is 4.07. The summed E-state index contributed by atoms with van der Waals surface area (Å²) in [6, 6.07) is 15.3. The highest BCUT2D eigenvalue weighted by atomic mass is 32.2. The molecule has 1 N–H and O–H groups in total. The molecule has 0 saturated heterocycles. The third-order valence-corrected chi connectivity index (χ3v) is 4.57. The monoisotopic (exact) mass is 316 g/mol. The quantitative estimate of drug-likeness (QED) is 0.885. The highest BCUT2D eigenvalue weighted by Gasteiger charge is 2.13. The first-order valence-electron chi connectivity index (χ1n) is 6.68. The number of ether oxygens (including phenoxy) is 1. The lowest BCUT2D eigenvalue weighted by atomic mass is 10.1. The van der Waals surface area contributed by atoms with Crippen molar-refractivity contribution < 1.29 is 13.2 Å². The minimum absolute atomic E-state index is 0.0946. The fourth-order valence-electron chi connectivity index (χ4n) is 1.97. The van der Waals surface area contributed by atoms with E-state index in [0.717, 1.165) is 11.3 Å². The van der Waals surface area contributed by atoms with Gasteiger partial charge in [-0.3, -0.25) is 0 Å². The Morgan fingerprint density at radius 3 is 2.68 bits per heavy atom. The molecule has 0 fully saturated rings. The Morgan fingerprint density at radius 1 is 1.18 bits per heavy atom. The van der Waals surface area contributed by atoms with E-state index >= 15 is 0 Å². The average Bonchev–Trinajstić information content (AvgIpc) is 2.55. The highest BCUT2D eigenvalue weighted by molar-refractivity contribution is 7.89. The molecule has 0 spiro atoms. The van der Waals surface area contributed by atoms with Gasteiger partial charge in [-0.05, 0) is 42.3 Å². The molecular formula is C16H16N2O3S. The molecule has 0 aliphatic rings. The summed E-state index contributed by atoms with van der Waals surface area (Å²) < 4.78 is 32.0.